The van der Waals surface area contributed by atoms with Crippen LogP contribution < -0.4 is 5.73 Å². The highest BCUT2D eigenvalue weighted by Gasteiger charge is 2.24. The first-order chi connectivity index (χ1) is 8.78. The number of anilines is 1. The summed E-state index contributed by atoms with van der Waals surface area (Å²) in [7, 11) is -1.08. The third-order valence-electron chi connectivity index (χ3n) is 2.52. The van der Waals surface area contributed by atoms with Crippen molar-refractivity contribution in [1.82, 2.24) is 4.31 Å². The van der Waals surface area contributed by atoms with E-state index < -0.39 is 16.0 Å². The average molecular weight is 351 g/mol. The maximum atomic E-state index is 12.3. The molecule has 2 N–H and O–H groups in total. The van der Waals surface area contributed by atoms with Gasteiger partial charge in [0, 0.05) is 18.1 Å². The highest BCUT2D eigenvalue weighted by molar-refractivity contribution is 9.10. The predicted octanol–water partition coefficient (Wildman–Crippen LogP) is 1.21. The molecule has 0 aromatic heterocycles. The molecule has 0 fully saturated rings. The minimum absolute atomic E-state index is 0.00856. The Hall–Kier alpha value is -1.12. The summed E-state index contributed by atoms with van der Waals surface area (Å²) in [5.41, 5.74) is 5.84. The van der Waals surface area contributed by atoms with Crippen molar-refractivity contribution in [2.75, 3.05) is 26.4 Å². The van der Waals surface area contributed by atoms with E-state index >= 15 is 0 Å². The van der Waals surface area contributed by atoms with Crippen molar-refractivity contribution < 1.29 is 17.9 Å². The van der Waals surface area contributed by atoms with Crippen LogP contribution in [0.15, 0.2) is 27.6 Å². The molecule has 0 heterocycles. The molecule has 0 saturated heterocycles. The van der Waals surface area contributed by atoms with Crippen LogP contribution in [-0.4, -0.2) is 39.4 Å². The molecule has 0 aliphatic carbocycles. The van der Waals surface area contributed by atoms with Gasteiger partial charge in [-0.15, -0.1) is 0 Å². The van der Waals surface area contributed by atoms with Crippen LogP contribution in [0.2, 0.25) is 0 Å². The van der Waals surface area contributed by atoms with Crippen molar-refractivity contribution in [1.29, 1.82) is 0 Å². The first-order valence-corrected chi connectivity index (χ1v) is 7.60. The maximum Gasteiger partial charge on any atom is 0.306 e. The quantitative estimate of drug-likeness (QED) is 0.636. The van der Waals surface area contributed by atoms with Crippen molar-refractivity contribution in [3.05, 3.63) is 22.7 Å². The van der Waals surface area contributed by atoms with Crippen molar-refractivity contribution >= 4 is 37.6 Å². The number of ether oxygens (including phenoxy) is 1. The van der Waals surface area contributed by atoms with Crippen LogP contribution in [0.1, 0.15) is 6.42 Å². The number of nitrogens with zero attached hydrogens (tertiary/aromatic N) is 1. The zero-order valence-corrected chi connectivity index (χ0v) is 13.0. The van der Waals surface area contributed by atoms with Gasteiger partial charge in [-0.2, -0.15) is 0 Å². The fourth-order valence-corrected chi connectivity index (χ4v) is 3.19. The van der Waals surface area contributed by atoms with Crippen LogP contribution in [0.4, 0.5) is 5.69 Å². The maximum absolute atomic E-state index is 12.3. The Bertz CT molecular complexity index is 574. The van der Waals surface area contributed by atoms with Crippen LogP contribution in [-0.2, 0) is 19.6 Å². The molecule has 6 nitrogen and oxygen atoms in total. The van der Waals surface area contributed by atoms with E-state index in [1.807, 2.05) is 0 Å². The molecule has 0 spiro atoms. The number of nitrogen functional groups attached to an aromatic ring is 1. The summed E-state index contributed by atoms with van der Waals surface area (Å²) < 4.78 is 30.7. The molecule has 0 aliphatic rings. The van der Waals surface area contributed by atoms with E-state index in [0.717, 1.165) is 4.31 Å². The van der Waals surface area contributed by atoms with Gasteiger partial charge in [-0.3, -0.25) is 4.79 Å². The van der Waals surface area contributed by atoms with Gasteiger partial charge in [-0.1, -0.05) is 15.9 Å². The topological polar surface area (TPSA) is 89.7 Å². The van der Waals surface area contributed by atoms with E-state index in [1.54, 1.807) is 6.07 Å². The molecule has 0 saturated carbocycles. The minimum atomic E-state index is -3.73. The zero-order valence-electron chi connectivity index (χ0n) is 10.6. The Morgan fingerprint density at radius 2 is 2.11 bits per heavy atom. The van der Waals surface area contributed by atoms with Gasteiger partial charge in [-0.25, -0.2) is 12.7 Å². The standard InChI is InChI=1S/C11H15BrN2O4S/c1-14(6-5-11(15)18-2)19(16,17)10-7-8(12)3-4-9(10)13/h3-4,7H,5-6,13H2,1-2H3. The third-order valence-corrected chi connectivity index (χ3v) is 4.93. The Morgan fingerprint density at radius 3 is 2.68 bits per heavy atom. The molecule has 0 bridgehead atoms. The summed E-state index contributed by atoms with van der Waals surface area (Å²) in [6.07, 6.45) is -0.0138. The highest BCUT2D eigenvalue weighted by Crippen LogP contribution is 2.25. The Labute approximate surface area is 120 Å². The molecule has 1 aromatic rings. The lowest BCUT2D eigenvalue weighted by Gasteiger charge is -2.17. The smallest absolute Gasteiger partial charge is 0.306 e. The van der Waals surface area contributed by atoms with E-state index in [1.165, 1.54) is 26.3 Å². The van der Waals surface area contributed by atoms with E-state index in [2.05, 4.69) is 20.7 Å². The van der Waals surface area contributed by atoms with Crippen LogP contribution in [0, 0.1) is 0 Å². The molecule has 8 heteroatoms. The fraction of sp³-hybridized carbons (Fsp3) is 0.364. The Kier molecular flexibility index (Phi) is 5.33. The number of carbonyl (C=O) groups is 1. The SMILES string of the molecule is COC(=O)CCN(C)S(=O)(=O)c1cc(Br)ccc1N. The molecule has 19 heavy (non-hydrogen) atoms. The lowest BCUT2D eigenvalue weighted by atomic mass is 10.3. The number of hydrogen-bond acceptors (Lipinski definition) is 5. The van der Waals surface area contributed by atoms with Crippen LogP contribution in [0.5, 0.6) is 0 Å². The number of benzene rings is 1. The van der Waals surface area contributed by atoms with Crippen molar-refractivity contribution in [3.63, 3.8) is 0 Å². The zero-order chi connectivity index (χ0) is 14.6. The Morgan fingerprint density at radius 1 is 1.47 bits per heavy atom. The van der Waals surface area contributed by atoms with Crippen LogP contribution >= 0.6 is 15.9 Å². The predicted molar refractivity (Wildman–Crippen MR) is 75.0 cm³/mol. The number of halogens is 1. The molecule has 0 aliphatic heterocycles. The first kappa shape index (κ1) is 15.9. The Balaban J connectivity index is 2.97. The first-order valence-electron chi connectivity index (χ1n) is 5.37. The third kappa shape index (κ3) is 3.92. The number of sulfonamides is 1. The van der Waals surface area contributed by atoms with Gasteiger partial charge in [0.05, 0.1) is 19.2 Å². The largest absolute Gasteiger partial charge is 0.469 e. The van der Waals surface area contributed by atoms with E-state index in [9.17, 15) is 13.2 Å². The molecule has 0 radical (unpaired) electrons. The minimum Gasteiger partial charge on any atom is -0.469 e. The summed E-state index contributed by atoms with van der Waals surface area (Å²) >= 11 is 3.20. The summed E-state index contributed by atoms with van der Waals surface area (Å²) in [6.45, 7) is 0.0287. The number of carbonyl (C=O) groups excluding carboxylic acids is 1. The molecular formula is C11H15BrN2O4S. The van der Waals surface area contributed by atoms with E-state index in [-0.39, 0.29) is 23.5 Å². The van der Waals surface area contributed by atoms with E-state index in [0.29, 0.717) is 4.47 Å². The lowest BCUT2D eigenvalue weighted by Crippen LogP contribution is -2.30. The van der Waals surface area contributed by atoms with Gasteiger partial charge in [0.2, 0.25) is 10.0 Å². The summed E-state index contributed by atoms with van der Waals surface area (Å²) in [6, 6.07) is 4.59. The van der Waals surface area contributed by atoms with Crippen molar-refractivity contribution in [3.8, 4) is 0 Å². The van der Waals surface area contributed by atoms with Gasteiger partial charge in [0.15, 0.2) is 0 Å². The molecular weight excluding hydrogens is 336 g/mol. The number of hydrogen-bond donors (Lipinski definition) is 1. The second-order valence-corrected chi connectivity index (χ2v) is 6.76. The molecule has 0 amide bonds. The molecule has 106 valence electrons. The number of rotatable bonds is 5. The van der Waals surface area contributed by atoms with Crippen molar-refractivity contribution in [2.24, 2.45) is 0 Å². The van der Waals surface area contributed by atoms with Crippen LogP contribution in [0.3, 0.4) is 0 Å². The monoisotopic (exact) mass is 350 g/mol. The van der Waals surface area contributed by atoms with Gasteiger partial charge >= 0.3 is 5.97 Å². The number of nitrogens with two attached hydrogens (primary N) is 1. The second-order valence-electron chi connectivity index (χ2n) is 3.83. The van der Waals surface area contributed by atoms with Gasteiger partial charge < -0.3 is 10.5 Å². The number of methoxy groups -OCH3 is 1. The van der Waals surface area contributed by atoms with Crippen LogP contribution in [0.25, 0.3) is 0 Å². The van der Waals surface area contributed by atoms with Crippen molar-refractivity contribution in [2.45, 2.75) is 11.3 Å². The molecule has 1 rings (SSSR count). The second kappa shape index (κ2) is 6.36. The van der Waals surface area contributed by atoms with E-state index in [4.69, 9.17) is 5.73 Å². The molecule has 0 unspecified atom stereocenters. The van der Waals surface area contributed by atoms with Gasteiger partial charge in [0.1, 0.15) is 4.90 Å². The van der Waals surface area contributed by atoms with Gasteiger partial charge in [0.25, 0.3) is 0 Å². The molecule has 1 aromatic carbocycles. The number of esters is 1. The molecule has 0 atom stereocenters. The van der Waals surface area contributed by atoms with Gasteiger partial charge in [-0.05, 0) is 18.2 Å². The summed E-state index contributed by atoms with van der Waals surface area (Å²) in [4.78, 5) is 11.0. The summed E-state index contributed by atoms with van der Waals surface area (Å²) in [5, 5.41) is 0. The fourth-order valence-electron chi connectivity index (χ4n) is 1.37. The highest BCUT2D eigenvalue weighted by atomic mass is 79.9. The average Bonchev–Trinajstić information content (AvgIpc) is 2.37. The normalized spacial score (nSPS) is 11.6. The summed E-state index contributed by atoms with van der Waals surface area (Å²) in [5.74, 6) is -0.468. The lowest BCUT2D eigenvalue weighted by molar-refractivity contribution is -0.140.